The van der Waals surface area contributed by atoms with Gasteiger partial charge < -0.3 is 14.4 Å². The Labute approximate surface area is 320 Å². The molecule has 5 aromatic rings. The minimum atomic E-state index is -1.04. The molecule has 55 heavy (non-hydrogen) atoms. The van der Waals surface area contributed by atoms with Gasteiger partial charge in [0, 0.05) is 92.0 Å². The number of urea groups is 1. The molecule has 13 nitrogen and oxygen atoms in total. The van der Waals surface area contributed by atoms with Crippen LogP contribution in [0.5, 0.6) is 0 Å². The van der Waals surface area contributed by atoms with E-state index in [1.165, 1.54) is 22.3 Å². The third-order valence-corrected chi connectivity index (χ3v) is 11.6. The van der Waals surface area contributed by atoms with Crippen LogP contribution in [0.2, 0.25) is 0 Å². The van der Waals surface area contributed by atoms with Crippen LogP contribution in [0.4, 0.5) is 25.7 Å². The Morgan fingerprint density at radius 2 is 1.75 bits per heavy atom. The lowest BCUT2D eigenvalue weighted by Crippen LogP contribution is -2.49. The molecule has 2 saturated heterocycles. The minimum absolute atomic E-state index is 0.0450. The topological polar surface area (TPSA) is 136 Å². The molecule has 9 rings (SSSR count). The monoisotopic (exact) mass is 759 g/mol. The van der Waals surface area contributed by atoms with Gasteiger partial charge in [-0.15, -0.1) is 11.3 Å². The van der Waals surface area contributed by atoms with Gasteiger partial charge in [0.1, 0.15) is 5.82 Å². The highest BCUT2D eigenvalue weighted by molar-refractivity contribution is 7.13. The van der Waals surface area contributed by atoms with Crippen LogP contribution < -0.4 is 20.4 Å². The molecule has 2 fully saturated rings. The van der Waals surface area contributed by atoms with Gasteiger partial charge in [0.25, 0.3) is 11.8 Å². The maximum atomic E-state index is 15.9. The Bertz CT molecular complexity index is 2300. The number of hydrogen-bond acceptors (Lipinski definition) is 9. The summed E-state index contributed by atoms with van der Waals surface area (Å²) in [6, 6.07) is 17.6. The minimum Gasteiger partial charge on any atom is -0.369 e. The molecule has 0 bridgehead atoms. The largest absolute Gasteiger partial charge is 0.369 e. The zero-order chi connectivity index (χ0) is 37.6. The molecule has 6 heterocycles. The summed E-state index contributed by atoms with van der Waals surface area (Å²) in [5.74, 6) is -1.58. The lowest BCUT2D eigenvalue weighted by Gasteiger charge is -2.36. The van der Waals surface area contributed by atoms with Crippen molar-refractivity contribution in [3.05, 3.63) is 112 Å². The van der Waals surface area contributed by atoms with Crippen LogP contribution in [-0.4, -0.2) is 80.8 Å². The lowest BCUT2D eigenvalue weighted by atomic mass is 9.99. The second-order valence-corrected chi connectivity index (χ2v) is 15.1. The summed E-state index contributed by atoms with van der Waals surface area (Å²) < 4.78 is 17.9. The number of carbonyl (C=O) groups excluding carboxylic acids is 4. The van der Waals surface area contributed by atoms with E-state index in [2.05, 4.69) is 36.5 Å². The number of imidazole rings is 1. The van der Waals surface area contributed by atoms with E-state index in [0.29, 0.717) is 22.9 Å². The molecule has 5 amide bonds. The highest BCUT2D eigenvalue weighted by Crippen LogP contribution is 2.38. The third kappa shape index (κ3) is 6.74. The fraction of sp³-hybridized carbons (Fsp3) is 0.300. The number of nitrogens with zero attached hydrogens (tertiary/aromatic N) is 7. The van der Waals surface area contributed by atoms with Crippen LogP contribution in [0.15, 0.2) is 78.6 Å². The molecule has 2 N–H and O–H groups in total. The Morgan fingerprint density at radius 1 is 0.909 bits per heavy atom. The van der Waals surface area contributed by atoms with E-state index in [4.69, 9.17) is 0 Å². The van der Waals surface area contributed by atoms with Crippen LogP contribution in [-0.2, 0) is 35.6 Å². The molecule has 4 aliphatic heterocycles. The first-order valence-corrected chi connectivity index (χ1v) is 19.3. The van der Waals surface area contributed by atoms with Gasteiger partial charge in [-0.05, 0) is 65.9 Å². The quantitative estimate of drug-likeness (QED) is 0.210. The number of benzene rings is 3. The second kappa shape index (κ2) is 14.4. The number of anilines is 3. The number of hydrogen-bond donors (Lipinski definition) is 2. The van der Waals surface area contributed by atoms with Gasteiger partial charge in [-0.3, -0.25) is 34.8 Å². The van der Waals surface area contributed by atoms with E-state index >= 15 is 4.39 Å². The Hall–Kier alpha value is -5.93. The standard InChI is InChI=1S/C40H38FN9O4S/c41-32-21-27(20-30-31(32)23-50(38(30)53)36(37(52)45-39-42-11-18-55-39)35-33-5-2-12-48(33)24-43-35)26-6-8-28(9-7-26)47-16-14-46(15-17-47)22-25-3-1-4-29(19-25)49-13-10-34(51)44-40(49)54/h1,3-4,6-9,11,18-21,24,36H,2,5,10,12-17,22-23H2,(H,42,45,52)(H,44,51,54). The number of imide groups is 1. The number of piperazine rings is 1. The smallest absolute Gasteiger partial charge is 0.328 e. The molecular formula is C40H38FN9O4S. The highest BCUT2D eigenvalue weighted by Gasteiger charge is 2.42. The second-order valence-electron chi connectivity index (χ2n) is 14.3. The number of nitrogens with one attached hydrogen (secondary N) is 2. The Balaban J connectivity index is 0.871. The van der Waals surface area contributed by atoms with Crippen LogP contribution in [0.1, 0.15) is 51.8 Å². The molecule has 280 valence electrons. The number of rotatable bonds is 9. The molecule has 4 aliphatic rings. The molecule has 0 saturated carbocycles. The van der Waals surface area contributed by atoms with Crippen LogP contribution in [0, 0.1) is 5.82 Å². The highest BCUT2D eigenvalue weighted by atomic mass is 32.1. The average Bonchev–Trinajstić information content (AvgIpc) is 4.01. The van der Waals surface area contributed by atoms with E-state index in [9.17, 15) is 19.2 Å². The van der Waals surface area contributed by atoms with E-state index in [-0.39, 0.29) is 36.0 Å². The van der Waals surface area contributed by atoms with Gasteiger partial charge in [0.05, 0.1) is 18.6 Å². The normalized spacial score (nSPS) is 17.7. The van der Waals surface area contributed by atoms with Crippen molar-refractivity contribution in [2.45, 2.75) is 44.9 Å². The summed E-state index contributed by atoms with van der Waals surface area (Å²) in [6.07, 6.45) is 5.27. The van der Waals surface area contributed by atoms with E-state index < -0.39 is 23.7 Å². The zero-order valence-corrected chi connectivity index (χ0v) is 30.7. The van der Waals surface area contributed by atoms with E-state index in [1.54, 1.807) is 28.9 Å². The maximum absolute atomic E-state index is 15.9. The molecule has 1 unspecified atom stereocenters. The van der Waals surface area contributed by atoms with Gasteiger partial charge in [-0.25, -0.2) is 19.2 Å². The van der Waals surface area contributed by atoms with Crippen molar-refractivity contribution in [3.63, 3.8) is 0 Å². The Morgan fingerprint density at radius 3 is 2.53 bits per heavy atom. The molecule has 1 atom stereocenters. The molecule has 15 heteroatoms. The van der Waals surface area contributed by atoms with Gasteiger partial charge in [0.15, 0.2) is 11.2 Å². The van der Waals surface area contributed by atoms with Gasteiger partial charge in [-0.1, -0.05) is 24.3 Å². The van der Waals surface area contributed by atoms with Crippen molar-refractivity contribution in [2.24, 2.45) is 0 Å². The number of aromatic nitrogens is 3. The van der Waals surface area contributed by atoms with Crippen molar-refractivity contribution in [3.8, 4) is 11.1 Å². The molecular weight excluding hydrogens is 722 g/mol. The first kappa shape index (κ1) is 34.8. The number of aryl methyl sites for hydroxylation is 1. The number of fused-ring (bicyclic) bond motifs is 2. The molecule has 0 spiro atoms. The predicted molar refractivity (Wildman–Crippen MR) is 205 cm³/mol. The summed E-state index contributed by atoms with van der Waals surface area (Å²) in [5, 5.41) is 7.40. The number of carbonyl (C=O) groups is 4. The summed E-state index contributed by atoms with van der Waals surface area (Å²) in [6.45, 7) is 5.22. The number of amides is 5. The molecule has 2 aromatic heterocycles. The fourth-order valence-corrected chi connectivity index (χ4v) is 8.62. The SMILES string of the molecule is O=C1CCN(c2cccc(CN3CCN(c4ccc(-c5cc(F)c6c(c5)C(=O)N(C(C(=O)Nc5nccs5)c5ncn7c5CCC7)C6)cc4)CC3)c2)C(=O)N1. The van der Waals surface area contributed by atoms with E-state index in [1.807, 2.05) is 47.0 Å². The zero-order valence-electron chi connectivity index (χ0n) is 29.9. The van der Waals surface area contributed by atoms with Crippen molar-refractivity contribution < 1.29 is 23.6 Å². The number of thiazole rings is 1. The molecule has 0 radical (unpaired) electrons. The third-order valence-electron chi connectivity index (χ3n) is 10.9. The summed E-state index contributed by atoms with van der Waals surface area (Å²) >= 11 is 1.28. The number of halogens is 1. The Kier molecular flexibility index (Phi) is 9.10. The first-order chi connectivity index (χ1) is 26.8. The van der Waals surface area contributed by atoms with Gasteiger partial charge in [0.2, 0.25) is 5.91 Å². The lowest BCUT2D eigenvalue weighted by molar-refractivity contribution is -0.121. The van der Waals surface area contributed by atoms with Gasteiger partial charge in [-0.2, -0.15) is 0 Å². The fourth-order valence-electron chi connectivity index (χ4n) is 8.09. The predicted octanol–water partition coefficient (Wildman–Crippen LogP) is 5.20. The molecule has 3 aromatic carbocycles. The van der Waals surface area contributed by atoms with Crippen molar-refractivity contribution >= 4 is 51.6 Å². The van der Waals surface area contributed by atoms with Crippen LogP contribution >= 0.6 is 11.3 Å². The molecule has 0 aliphatic carbocycles. The van der Waals surface area contributed by atoms with Crippen molar-refractivity contribution in [2.75, 3.05) is 47.8 Å². The summed E-state index contributed by atoms with van der Waals surface area (Å²) in [5.41, 5.74) is 6.26. The summed E-state index contributed by atoms with van der Waals surface area (Å²) in [4.78, 5) is 68.3. The van der Waals surface area contributed by atoms with Crippen LogP contribution in [0.25, 0.3) is 11.1 Å². The van der Waals surface area contributed by atoms with E-state index in [0.717, 1.165) is 80.3 Å². The average molecular weight is 760 g/mol. The first-order valence-electron chi connectivity index (χ1n) is 18.4. The van der Waals surface area contributed by atoms with Crippen molar-refractivity contribution in [1.82, 2.24) is 29.7 Å². The van der Waals surface area contributed by atoms with Gasteiger partial charge >= 0.3 is 6.03 Å². The van der Waals surface area contributed by atoms with Crippen LogP contribution in [0.3, 0.4) is 0 Å². The maximum Gasteiger partial charge on any atom is 0.328 e. The van der Waals surface area contributed by atoms with Crippen molar-refractivity contribution in [1.29, 1.82) is 0 Å². The summed E-state index contributed by atoms with van der Waals surface area (Å²) in [7, 11) is 0.